The highest BCUT2D eigenvalue weighted by Crippen LogP contribution is 2.10. The Kier molecular flexibility index (Phi) is 4.81. The van der Waals surface area contributed by atoms with Crippen LogP contribution < -0.4 is 0 Å². The van der Waals surface area contributed by atoms with E-state index in [-0.39, 0.29) is 0 Å². The molecule has 0 aromatic rings. The number of nitrogens with zero attached hydrogens (tertiary/aromatic N) is 1. The maximum absolute atomic E-state index is 10.5. The lowest BCUT2D eigenvalue weighted by Gasteiger charge is -2.18. The van der Waals surface area contributed by atoms with Gasteiger partial charge in [-0.3, -0.25) is 4.79 Å². The number of carbonyl (C=O) groups excluding carboxylic acids is 1. The number of amides is 1. The third-order valence-corrected chi connectivity index (χ3v) is 2.54. The molecule has 1 amide bonds. The van der Waals surface area contributed by atoms with Crippen LogP contribution in [0.5, 0.6) is 0 Å². The van der Waals surface area contributed by atoms with Gasteiger partial charge < -0.3 is 4.90 Å². The Hall–Kier alpha value is -0.530. The van der Waals surface area contributed by atoms with Gasteiger partial charge in [-0.05, 0) is 12.8 Å². The molecule has 0 saturated carbocycles. The topological polar surface area (TPSA) is 20.3 Å². The predicted molar refractivity (Wildman–Crippen MR) is 50.0 cm³/mol. The van der Waals surface area contributed by atoms with E-state index in [2.05, 4.69) is 0 Å². The van der Waals surface area contributed by atoms with Gasteiger partial charge in [0, 0.05) is 13.1 Å². The maximum Gasteiger partial charge on any atom is 0.209 e. The van der Waals surface area contributed by atoms with Crippen molar-refractivity contribution in [1.29, 1.82) is 0 Å². The fourth-order valence-corrected chi connectivity index (χ4v) is 1.73. The average molecular weight is 169 g/mol. The molecule has 12 heavy (non-hydrogen) atoms. The van der Waals surface area contributed by atoms with Gasteiger partial charge in [0.15, 0.2) is 0 Å². The highest BCUT2D eigenvalue weighted by molar-refractivity contribution is 5.46. The van der Waals surface area contributed by atoms with Gasteiger partial charge in [-0.1, -0.05) is 32.1 Å². The van der Waals surface area contributed by atoms with E-state index in [1.54, 1.807) is 0 Å². The SMILES string of the molecule is O=CN1CCCCCCCCC1. The largest absolute Gasteiger partial charge is 0.345 e. The Morgan fingerprint density at radius 1 is 0.750 bits per heavy atom. The molecule has 0 aromatic heterocycles. The lowest BCUT2D eigenvalue weighted by Crippen LogP contribution is -2.24. The smallest absolute Gasteiger partial charge is 0.209 e. The summed E-state index contributed by atoms with van der Waals surface area (Å²) < 4.78 is 0. The van der Waals surface area contributed by atoms with Gasteiger partial charge in [-0.25, -0.2) is 0 Å². The monoisotopic (exact) mass is 169 g/mol. The summed E-state index contributed by atoms with van der Waals surface area (Å²) in [5.74, 6) is 0. The molecule has 1 aliphatic heterocycles. The first-order valence-corrected chi connectivity index (χ1v) is 5.13. The summed E-state index contributed by atoms with van der Waals surface area (Å²) in [4.78, 5) is 12.5. The molecule has 0 aliphatic carbocycles. The first kappa shape index (κ1) is 9.56. The van der Waals surface area contributed by atoms with Crippen LogP contribution in [0.2, 0.25) is 0 Å². The van der Waals surface area contributed by atoms with E-state index < -0.39 is 0 Å². The van der Waals surface area contributed by atoms with Gasteiger partial charge in [0.25, 0.3) is 0 Å². The summed E-state index contributed by atoms with van der Waals surface area (Å²) >= 11 is 0. The first-order chi connectivity index (χ1) is 5.93. The predicted octanol–water partition coefficient (Wildman–Crippen LogP) is 2.19. The van der Waals surface area contributed by atoms with Crippen molar-refractivity contribution in [3.63, 3.8) is 0 Å². The second-order valence-corrected chi connectivity index (χ2v) is 3.62. The Labute approximate surface area is 74.9 Å². The van der Waals surface area contributed by atoms with E-state index in [1.807, 2.05) is 4.90 Å². The standard InChI is InChI=1S/C10H19NO/c12-10-11-8-6-4-2-1-3-5-7-9-11/h10H,1-9H2. The van der Waals surface area contributed by atoms with Gasteiger partial charge in [0.1, 0.15) is 0 Å². The molecule has 0 N–H and O–H groups in total. The number of carbonyl (C=O) groups is 1. The minimum Gasteiger partial charge on any atom is -0.345 e. The zero-order valence-electron chi connectivity index (χ0n) is 7.80. The third kappa shape index (κ3) is 3.74. The molecule has 0 spiro atoms. The van der Waals surface area contributed by atoms with Gasteiger partial charge >= 0.3 is 0 Å². The fraction of sp³-hybridized carbons (Fsp3) is 0.900. The van der Waals surface area contributed by atoms with Crippen LogP contribution in [-0.2, 0) is 4.79 Å². The quantitative estimate of drug-likeness (QED) is 0.551. The molecule has 1 fully saturated rings. The Morgan fingerprint density at radius 2 is 1.17 bits per heavy atom. The van der Waals surface area contributed by atoms with E-state index >= 15 is 0 Å². The summed E-state index contributed by atoms with van der Waals surface area (Å²) in [6, 6.07) is 0. The molecule has 0 bridgehead atoms. The van der Waals surface area contributed by atoms with Crippen LogP contribution in [0.25, 0.3) is 0 Å². The third-order valence-electron chi connectivity index (χ3n) is 2.54. The van der Waals surface area contributed by atoms with Gasteiger partial charge in [-0.2, -0.15) is 0 Å². The summed E-state index contributed by atoms with van der Waals surface area (Å²) in [7, 11) is 0. The van der Waals surface area contributed by atoms with E-state index in [4.69, 9.17) is 0 Å². The van der Waals surface area contributed by atoms with Crippen molar-refractivity contribution in [1.82, 2.24) is 4.90 Å². The second-order valence-electron chi connectivity index (χ2n) is 3.62. The van der Waals surface area contributed by atoms with E-state index in [9.17, 15) is 4.79 Å². The van der Waals surface area contributed by atoms with Crippen LogP contribution in [0.3, 0.4) is 0 Å². The molecule has 0 radical (unpaired) electrons. The van der Waals surface area contributed by atoms with Crippen molar-refractivity contribution >= 4 is 6.41 Å². The molecule has 1 aliphatic rings. The molecule has 1 rings (SSSR count). The van der Waals surface area contributed by atoms with Crippen molar-refractivity contribution in [3.05, 3.63) is 0 Å². The summed E-state index contributed by atoms with van der Waals surface area (Å²) in [6.07, 6.45) is 10.1. The Bertz CT molecular complexity index is 115. The zero-order valence-corrected chi connectivity index (χ0v) is 7.80. The van der Waals surface area contributed by atoms with Crippen molar-refractivity contribution < 1.29 is 4.79 Å². The molecular weight excluding hydrogens is 150 g/mol. The van der Waals surface area contributed by atoms with Gasteiger partial charge in [0.2, 0.25) is 6.41 Å². The van der Waals surface area contributed by atoms with Gasteiger partial charge in [-0.15, -0.1) is 0 Å². The van der Waals surface area contributed by atoms with Crippen LogP contribution in [-0.4, -0.2) is 24.4 Å². The van der Waals surface area contributed by atoms with E-state index in [0.717, 1.165) is 19.5 Å². The second kappa shape index (κ2) is 6.04. The van der Waals surface area contributed by atoms with Crippen LogP contribution in [0.1, 0.15) is 44.9 Å². The molecule has 1 saturated heterocycles. The minimum atomic E-state index is 0.976. The first-order valence-electron chi connectivity index (χ1n) is 5.13. The minimum absolute atomic E-state index is 0.976. The Balaban J connectivity index is 2.21. The summed E-state index contributed by atoms with van der Waals surface area (Å²) in [6.45, 7) is 1.95. The van der Waals surface area contributed by atoms with Crippen molar-refractivity contribution in [2.24, 2.45) is 0 Å². The van der Waals surface area contributed by atoms with Crippen LogP contribution >= 0.6 is 0 Å². The van der Waals surface area contributed by atoms with Crippen molar-refractivity contribution in [2.75, 3.05) is 13.1 Å². The van der Waals surface area contributed by atoms with E-state index in [0.29, 0.717) is 0 Å². The summed E-state index contributed by atoms with van der Waals surface area (Å²) in [5, 5.41) is 0. The van der Waals surface area contributed by atoms with Crippen molar-refractivity contribution in [2.45, 2.75) is 44.9 Å². The van der Waals surface area contributed by atoms with Crippen LogP contribution in [0.4, 0.5) is 0 Å². The van der Waals surface area contributed by atoms with Crippen LogP contribution in [0, 0.1) is 0 Å². The van der Waals surface area contributed by atoms with E-state index in [1.165, 1.54) is 44.9 Å². The summed E-state index contributed by atoms with van der Waals surface area (Å²) in [5.41, 5.74) is 0. The molecule has 2 heteroatoms. The van der Waals surface area contributed by atoms with Crippen LogP contribution in [0.15, 0.2) is 0 Å². The molecule has 70 valence electrons. The number of hydrogen-bond donors (Lipinski definition) is 0. The maximum atomic E-state index is 10.5. The van der Waals surface area contributed by atoms with Gasteiger partial charge in [0.05, 0.1) is 0 Å². The molecule has 0 atom stereocenters. The lowest BCUT2D eigenvalue weighted by molar-refractivity contribution is -0.118. The number of rotatable bonds is 1. The normalized spacial score (nSPS) is 21.8. The highest BCUT2D eigenvalue weighted by Gasteiger charge is 2.02. The lowest BCUT2D eigenvalue weighted by atomic mass is 10.1. The Morgan fingerprint density at radius 3 is 1.58 bits per heavy atom. The highest BCUT2D eigenvalue weighted by atomic mass is 16.1. The molecular formula is C10H19NO. The fourth-order valence-electron chi connectivity index (χ4n) is 1.73. The zero-order chi connectivity index (χ0) is 8.65. The molecule has 0 aromatic carbocycles. The molecule has 0 unspecified atom stereocenters. The molecule has 2 nitrogen and oxygen atoms in total. The molecule has 1 heterocycles. The van der Waals surface area contributed by atoms with Crippen molar-refractivity contribution in [3.8, 4) is 0 Å². The number of hydrogen-bond acceptors (Lipinski definition) is 1. The average Bonchev–Trinajstić information content (AvgIpc) is 2.14.